The fourth-order valence-electron chi connectivity index (χ4n) is 1.90. The zero-order chi connectivity index (χ0) is 17.0. The number of hydrogen-bond acceptors (Lipinski definition) is 4. The molecular weight excluding hydrogens is 292 g/mol. The Labute approximate surface area is 137 Å². The van der Waals surface area contributed by atoms with Gasteiger partial charge in [0.15, 0.2) is 11.5 Å². The number of rotatable bonds is 6. The molecule has 23 heavy (non-hydrogen) atoms. The van der Waals surface area contributed by atoms with E-state index in [2.05, 4.69) is 20.8 Å². The van der Waals surface area contributed by atoms with Crippen molar-refractivity contribution in [1.82, 2.24) is 0 Å². The van der Waals surface area contributed by atoms with Gasteiger partial charge in [0.05, 0.1) is 6.61 Å². The smallest absolute Gasteiger partial charge is 0.161 e. The third-order valence-corrected chi connectivity index (χ3v) is 3.91. The molecule has 4 heteroatoms. The summed E-state index contributed by atoms with van der Waals surface area (Å²) in [6, 6.07) is 10.0. The molecule has 2 aromatic carbocycles. The van der Waals surface area contributed by atoms with Crippen LogP contribution in [-0.2, 0) is 0 Å². The second-order valence-corrected chi connectivity index (χ2v) is 6.49. The first kappa shape index (κ1) is 17.0. The van der Waals surface area contributed by atoms with Gasteiger partial charge in [0.2, 0.25) is 0 Å². The van der Waals surface area contributed by atoms with Crippen LogP contribution in [-0.4, -0.2) is 16.8 Å². The zero-order valence-corrected chi connectivity index (χ0v) is 14.1. The molecule has 0 aliphatic rings. The molecule has 0 saturated carbocycles. The Kier molecular flexibility index (Phi) is 5.04. The molecule has 0 radical (unpaired) electrons. The van der Waals surface area contributed by atoms with Crippen LogP contribution in [0.5, 0.6) is 28.7 Å². The van der Waals surface area contributed by atoms with Crippen molar-refractivity contribution in [2.24, 2.45) is 5.41 Å². The van der Waals surface area contributed by atoms with Crippen LogP contribution in [0.3, 0.4) is 0 Å². The molecule has 0 atom stereocenters. The maximum Gasteiger partial charge on any atom is 0.161 e. The first-order chi connectivity index (χ1) is 10.8. The summed E-state index contributed by atoms with van der Waals surface area (Å²) >= 11 is 0. The van der Waals surface area contributed by atoms with Crippen molar-refractivity contribution in [1.29, 1.82) is 0 Å². The number of aryl methyl sites for hydroxylation is 1. The molecule has 4 nitrogen and oxygen atoms in total. The third-order valence-electron chi connectivity index (χ3n) is 3.91. The second-order valence-electron chi connectivity index (χ2n) is 6.49. The molecule has 0 fully saturated rings. The highest BCUT2D eigenvalue weighted by atomic mass is 16.5. The van der Waals surface area contributed by atoms with Gasteiger partial charge in [-0.2, -0.15) is 0 Å². The standard InChI is InChI=1S/C19H24O4/c1-5-19(3,4)12-22-14-7-9-18(13(2)10-14)23-15-6-8-16(20)17(21)11-15/h6-11,20-21H,5,12H2,1-4H3. The molecule has 2 N–H and O–H groups in total. The van der Waals surface area contributed by atoms with Crippen molar-refractivity contribution >= 4 is 0 Å². The summed E-state index contributed by atoms with van der Waals surface area (Å²) in [4.78, 5) is 0. The van der Waals surface area contributed by atoms with E-state index in [0.717, 1.165) is 17.7 Å². The fraction of sp³-hybridized carbons (Fsp3) is 0.368. The quantitative estimate of drug-likeness (QED) is 0.735. The minimum absolute atomic E-state index is 0.145. The van der Waals surface area contributed by atoms with Crippen LogP contribution in [0.25, 0.3) is 0 Å². The van der Waals surface area contributed by atoms with Gasteiger partial charge in [0.1, 0.15) is 17.2 Å². The summed E-state index contributed by atoms with van der Waals surface area (Å²) < 4.78 is 11.6. The van der Waals surface area contributed by atoms with Gasteiger partial charge in [0.25, 0.3) is 0 Å². The van der Waals surface area contributed by atoms with Gasteiger partial charge in [-0.25, -0.2) is 0 Å². The average Bonchev–Trinajstić information content (AvgIpc) is 2.51. The zero-order valence-electron chi connectivity index (χ0n) is 14.1. The summed E-state index contributed by atoms with van der Waals surface area (Å²) in [5, 5.41) is 18.8. The Morgan fingerprint density at radius 3 is 2.26 bits per heavy atom. The van der Waals surface area contributed by atoms with E-state index in [9.17, 15) is 10.2 Å². The molecule has 124 valence electrons. The highest BCUT2D eigenvalue weighted by Crippen LogP contribution is 2.33. The second kappa shape index (κ2) is 6.82. The molecule has 0 aliphatic heterocycles. The van der Waals surface area contributed by atoms with Gasteiger partial charge >= 0.3 is 0 Å². The average molecular weight is 316 g/mol. The van der Waals surface area contributed by atoms with Crippen LogP contribution in [0.4, 0.5) is 0 Å². The van der Waals surface area contributed by atoms with Crippen molar-refractivity contribution in [3.63, 3.8) is 0 Å². The summed E-state index contributed by atoms with van der Waals surface area (Å²) in [7, 11) is 0. The number of ether oxygens (including phenoxy) is 2. The third kappa shape index (κ3) is 4.55. The number of phenols is 2. The van der Waals surface area contributed by atoms with Crippen LogP contribution in [0, 0.1) is 12.3 Å². The maximum absolute atomic E-state index is 9.51. The van der Waals surface area contributed by atoms with Crippen molar-refractivity contribution in [2.45, 2.75) is 34.1 Å². The Morgan fingerprint density at radius 2 is 1.65 bits per heavy atom. The number of benzene rings is 2. The van der Waals surface area contributed by atoms with E-state index in [4.69, 9.17) is 9.47 Å². The van der Waals surface area contributed by atoms with Gasteiger partial charge in [-0.3, -0.25) is 0 Å². The fourth-order valence-corrected chi connectivity index (χ4v) is 1.90. The van der Waals surface area contributed by atoms with Crippen LogP contribution in [0.2, 0.25) is 0 Å². The van der Waals surface area contributed by atoms with Crippen LogP contribution in [0.15, 0.2) is 36.4 Å². The Balaban J connectivity index is 2.08. The molecule has 0 heterocycles. The van der Waals surface area contributed by atoms with Crippen molar-refractivity contribution in [2.75, 3.05) is 6.61 Å². The number of phenolic OH excluding ortho intramolecular Hbond substituents is 2. The van der Waals surface area contributed by atoms with E-state index in [1.165, 1.54) is 12.1 Å². The lowest BCUT2D eigenvalue weighted by atomic mass is 9.92. The SMILES string of the molecule is CCC(C)(C)COc1ccc(Oc2ccc(O)c(O)c2)c(C)c1. The highest BCUT2D eigenvalue weighted by molar-refractivity contribution is 5.47. The maximum atomic E-state index is 9.51. The van der Waals surface area contributed by atoms with Crippen LogP contribution < -0.4 is 9.47 Å². The van der Waals surface area contributed by atoms with Gasteiger partial charge in [0, 0.05) is 6.07 Å². The van der Waals surface area contributed by atoms with E-state index in [1.807, 2.05) is 25.1 Å². The normalized spacial score (nSPS) is 11.3. The van der Waals surface area contributed by atoms with Gasteiger partial charge in [-0.05, 0) is 54.7 Å². The number of hydrogen-bond donors (Lipinski definition) is 2. The molecule has 0 aromatic heterocycles. The molecule has 2 aromatic rings. The molecule has 0 bridgehead atoms. The molecule has 0 spiro atoms. The van der Waals surface area contributed by atoms with E-state index in [1.54, 1.807) is 6.07 Å². The summed E-state index contributed by atoms with van der Waals surface area (Å²) in [6.45, 7) is 9.10. The summed E-state index contributed by atoms with van der Waals surface area (Å²) in [5.74, 6) is 1.57. The molecule has 2 rings (SSSR count). The molecular formula is C19H24O4. The Bertz CT molecular complexity index is 677. The monoisotopic (exact) mass is 316 g/mol. The van der Waals surface area contributed by atoms with E-state index >= 15 is 0 Å². The van der Waals surface area contributed by atoms with E-state index < -0.39 is 0 Å². The van der Waals surface area contributed by atoms with Gasteiger partial charge < -0.3 is 19.7 Å². The largest absolute Gasteiger partial charge is 0.504 e. The van der Waals surface area contributed by atoms with Crippen LogP contribution in [0.1, 0.15) is 32.8 Å². The minimum Gasteiger partial charge on any atom is -0.504 e. The predicted octanol–water partition coefficient (Wildman–Crippen LogP) is 5.01. The summed E-state index contributed by atoms with van der Waals surface area (Å²) in [6.07, 6.45) is 1.05. The first-order valence-corrected chi connectivity index (χ1v) is 7.74. The first-order valence-electron chi connectivity index (χ1n) is 7.74. The topological polar surface area (TPSA) is 58.9 Å². The lowest BCUT2D eigenvalue weighted by Gasteiger charge is -2.23. The van der Waals surface area contributed by atoms with E-state index in [-0.39, 0.29) is 16.9 Å². The minimum atomic E-state index is -0.207. The van der Waals surface area contributed by atoms with Crippen molar-refractivity contribution in [3.8, 4) is 28.7 Å². The highest BCUT2D eigenvalue weighted by Gasteiger charge is 2.16. The molecule has 0 unspecified atom stereocenters. The molecule has 0 aliphatic carbocycles. The Hall–Kier alpha value is -2.36. The molecule has 0 amide bonds. The van der Waals surface area contributed by atoms with Crippen LogP contribution >= 0.6 is 0 Å². The van der Waals surface area contributed by atoms with Gasteiger partial charge in [-0.1, -0.05) is 20.8 Å². The van der Waals surface area contributed by atoms with E-state index in [0.29, 0.717) is 18.1 Å². The lowest BCUT2D eigenvalue weighted by molar-refractivity contribution is 0.175. The van der Waals surface area contributed by atoms with Gasteiger partial charge in [-0.15, -0.1) is 0 Å². The number of aromatic hydroxyl groups is 2. The lowest BCUT2D eigenvalue weighted by Crippen LogP contribution is -2.20. The summed E-state index contributed by atoms with van der Waals surface area (Å²) in [5.41, 5.74) is 1.08. The molecule has 0 saturated heterocycles. The predicted molar refractivity (Wildman–Crippen MR) is 90.6 cm³/mol. The van der Waals surface area contributed by atoms with Crippen molar-refractivity contribution < 1.29 is 19.7 Å². The Morgan fingerprint density at radius 1 is 0.957 bits per heavy atom. The van der Waals surface area contributed by atoms with Crippen molar-refractivity contribution in [3.05, 3.63) is 42.0 Å².